The van der Waals surface area contributed by atoms with Crippen molar-refractivity contribution in [3.63, 3.8) is 0 Å². The fraction of sp³-hybridized carbons (Fsp3) is 0.308. The van der Waals surface area contributed by atoms with Crippen LogP contribution >= 0.6 is 0 Å². The van der Waals surface area contributed by atoms with Crippen molar-refractivity contribution in [3.05, 3.63) is 62.6 Å². The molecule has 1 fully saturated rings. The van der Waals surface area contributed by atoms with Crippen LogP contribution in [0.25, 0.3) is 0 Å². The van der Waals surface area contributed by atoms with Gasteiger partial charge in [0.2, 0.25) is 5.82 Å². The number of imidazole rings is 1. The Morgan fingerprint density at radius 2 is 2.10 bits per heavy atom. The first-order valence-corrected chi connectivity index (χ1v) is 6.26. The largest absolute Gasteiger partial charge is 0.328 e. The second-order valence-corrected chi connectivity index (χ2v) is 4.89. The second-order valence-electron chi connectivity index (χ2n) is 4.89. The van der Waals surface area contributed by atoms with E-state index in [9.17, 15) is 19.3 Å². The van der Waals surface area contributed by atoms with Gasteiger partial charge < -0.3 is 0 Å². The molecule has 7 heteroatoms. The van der Waals surface area contributed by atoms with Crippen LogP contribution < -0.4 is 5.69 Å². The van der Waals surface area contributed by atoms with Gasteiger partial charge in [-0.25, -0.2) is 4.79 Å². The van der Waals surface area contributed by atoms with Gasteiger partial charge in [0, 0.05) is 24.5 Å². The maximum absolute atomic E-state index is 13.5. The zero-order valence-electron chi connectivity index (χ0n) is 10.5. The Morgan fingerprint density at radius 3 is 2.70 bits per heavy atom. The maximum Gasteiger partial charge on any atom is 0.328 e. The molecule has 0 saturated heterocycles. The molecule has 20 heavy (non-hydrogen) atoms. The standard InChI is InChI=1S/C13H12FN3O3/c14-11-7-9(1-4-12(11)17(19)20)8-15-5-6-16(13(15)18)10-2-3-10/h1,4-7,10H,2-3,8H2. The summed E-state index contributed by atoms with van der Waals surface area (Å²) in [4.78, 5) is 21.8. The van der Waals surface area contributed by atoms with Gasteiger partial charge in [0.25, 0.3) is 0 Å². The number of halogens is 1. The molecule has 1 heterocycles. The normalized spacial score (nSPS) is 14.4. The van der Waals surface area contributed by atoms with Crippen molar-refractivity contribution in [1.29, 1.82) is 0 Å². The van der Waals surface area contributed by atoms with E-state index in [2.05, 4.69) is 0 Å². The minimum absolute atomic E-state index is 0.133. The molecular weight excluding hydrogens is 265 g/mol. The van der Waals surface area contributed by atoms with Gasteiger partial charge in [0.15, 0.2) is 0 Å². The zero-order chi connectivity index (χ0) is 14.3. The predicted molar refractivity (Wildman–Crippen MR) is 69.1 cm³/mol. The number of nitro benzene ring substituents is 1. The highest BCUT2D eigenvalue weighted by molar-refractivity contribution is 5.35. The smallest absolute Gasteiger partial charge is 0.296 e. The Hall–Kier alpha value is -2.44. The molecule has 0 atom stereocenters. The van der Waals surface area contributed by atoms with Crippen LogP contribution in [-0.2, 0) is 6.54 Å². The van der Waals surface area contributed by atoms with Crippen molar-refractivity contribution in [3.8, 4) is 0 Å². The Morgan fingerprint density at radius 1 is 1.35 bits per heavy atom. The van der Waals surface area contributed by atoms with Crippen LogP contribution in [0.1, 0.15) is 24.4 Å². The maximum atomic E-state index is 13.5. The number of nitro groups is 1. The summed E-state index contributed by atoms with van der Waals surface area (Å²) in [6.45, 7) is 0.202. The summed E-state index contributed by atoms with van der Waals surface area (Å²) in [7, 11) is 0. The van der Waals surface area contributed by atoms with Gasteiger partial charge in [-0.05, 0) is 24.5 Å². The van der Waals surface area contributed by atoms with E-state index in [4.69, 9.17) is 0 Å². The number of rotatable bonds is 4. The quantitative estimate of drug-likeness (QED) is 0.634. The van der Waals surface area contributed by atoms with Crippen molar-refractivity contribution in [2.24, 2.45) is 0 Å². The molecule has 1 aliphatic rings. The van der Waals surface area contributed by atoms with Crippen molar-refractivity contribution < 1.29 is 9.31 Å². The summed E-state index contributed by atoms with van der Waals surface area (Å²) in [5.41, 5.74) is -0.174. The van der Waals surface area contributed by atoms with Crippen molar-refractivity contribution in [1.82, 2.24) is 9.13 Å². The summed E-state index contributed by atoms with van der Waals surface area (Å²) >= 11 is 0. The summed E-state index contributed by atoms with van der Waals surface area (Å²) < 4.78 is 16.7. The molecule has 0 radical (unpaired) electrons. The van der Waals surface area contributed by atoms with E-state index in [-0.39, 0.29) is 18.3 Å². The highest BCUT2D eigenvalue weighted by Crippen LogP contribution is 2.33. The van der Waals surface area contributed by atoms with Gasteiger partial charge in [-0.1, -0.05) is 6.07 Å². The average Bonchev–Trinajstić information content (AvgIpc) is 3.16. The molecule has 1 aliphatic carbocycles. The molecule has 0 aliphatic heterocycles. The predicted octanol–water partition coefficient (Wildman–Crippen LogP) is 2.08. The van der Waals surface area contributed by atoms with Crippen LogP contribution in [0.4, 0.5) is 10.1 Å². The molecular formula is C13H12FN3O3. The van der Waals surface area contributed by atoms with E-state index in [1.165, 1.54) is 10.6 Å². The minimum Gasteiger partial charge on any atom is -0.296 e. The van der Waals surface area contributed by atoms with Crippen molar-refractivity contribution >= 4 is 5.69 Å². The summed E-state index contributed by atoms with van der Waals surface area (Å²) in [5.74, 6) is -0.887. The first-order chi connectivity index (χ1) is 9.56. The van der Waals surface area contributed by atoms with Gasteiger partial charge in [-0.2, -0.15) is 4.39 Å². The summed E-state index contributed by atoms with van der Waals surface area (Å²) in [6.07, 6.45) is 5.40. The van der Waals surface area contributed by atoms with E-state index in [0.29, 0.717) is 5.56 Å². The molecule has 1 saturated carbocycles. The van der Waals surface area contributed by atoms with Gasteiger partial charge in [0.1, 0.15) is 0 Å². The highest BCUT2D eigenvalue weighted by Gasteiger charge is 2.25. The third-order valence-electron chi connectivity index (χ3n) is 3.38. The fourth-order valence-electron chi connectivity index (χ4n) is 2.17. The Labute approximate surface area is 113 Å². The van der Waals surface area contributed by atoms with E-state index in [0.717, 1.165) is 25.0 Å². The average molecular weight is 277 g/mol. The number of hydrogen-bond donors (Lipinski definition) is 0. The topological polar surface area (TPSA) is 70.1 Å². The zero-order valence-corrected chi connectivity index (χ0v) is 10.5. The lowest BCUT2D eigenvalue weighted by molar-refractivity contribution is -0.387. The fourth-order valence-corrected chi connectivity index (χ4v) is 2.17. The highest BCUT2D eigenvalue weighted by atomic mass is 19.1. The van der Waals surface area contributed by atoms with Crippen LogP contribution in [0, 0.1) is 15.9 Å². The van der Waals surface area contributed by atoms with Crippen molar-refractivity contribution in [2.45, 2.75) is 25.4 Å². The molecule has 0 bridgehead atoms. The van der Waals surface area contributed by atoms with Crippen LogP contribution in [0.2, 0.25) is 0 Å². The first-order valence-electron chi connectivity index (χ1n) is 6.26. The first kappa shape index (κ1) is 12.6. The molecule has 0 unspecified atom stereocenters. The van der Waals surface area contributed by atoms with Gasteiger partial charge in [0.05, 0.1) is 11.5 Å². The third-order valence-corrected chi connectivity index (χ3v) is 3.38. The van der Waals surface area contributed by atoms with Crippen LogP contribution in [0.5, 0.6) is 0 Å². The number of benzene rings is 1. The lowest BCUT2D eigenvalue weighted by Gasteiger charge is -2.03. The van der Waals surface area contributed by atoms with Crippen LogP contribution in [0.3, 0.4) is 0 Å². The molecule has 3 rings (SSSR count). The SMILES string of the molecule is O=c1n(Cc2ccc([N+](=O)[O-])c(F)c2)ccn1C1CC1. The molecule has 0 amide bonds. The van der Waals surface area contributed by atoms with E-state index in [1.807, 2.05) is 0 Å². The number of hydrogen-bond acceptors (Lipinski definition) is 3. The Kier molecular flexibility index (Phi) is 2.89. The monoisotopic (exact) mass is 277 g/mol. The molecule has 1 aromatic heterocycles. The van der Waals surface area contributed by atoms with Gasteiger partial charge in [-0.15, -0.1) is 0 Å². The Bertz CT molecular complexity index is 731. The van der Waals surface area contributed by atoms with Crippen LogP contribution in [-0.4, -0.2) is 14.1 Å². The molecule has 0 N–H and O–H groups in total. The van der Waals surface area contributed by atoms with E-state index >= 15 is 0 Å². The van der Waals surface area contributed by atoms with E-state index < -0.39 is 16.4 Å². The van der Waals surface area contributed by atoms with Gasteiger partial charge >= 0.3 is 11.4 Å². The lowest BCUT2D eigenvalue weighted by Crippen LogP contribution is -2.23. The molecule has 104 valence electrons. The van der Waals surface area contributed by atoms with E-state index in [1.54, 1.807) is 17.0 Å². The summed E-state index contributed by atoms with van der Waals surface area (Å²) in [5, 5.41) is 10.5. The minimum atomic E-state index is -0.887. The number of aromatic nitrogens is 2. The number of nitrogens with zero attached hydrogens (tertiary/aromatic N) is 3. The summed E-state index contributed by atoms with van der Waals surface area (Å²) in [6, 6.07) is 3.96. The molecule has 1 aromatic carbocycles. The van der Waals surface area contributed by atoms with Crippen molar-refractivity contribution in [2.75, 3.05) is 0 Å². The Balaban J connectivity index is 1.86. The molecule has 2 aromatic rings. The third kappa shape index (κ3) is 2.22. The second kappa shape index (κ2) is 4.59. The van der Waals surface area contributed by atoms with Gasteiger partial charge in [-0.3, -0.25) is 19.2 Å². The molecule has 0 spiro atoms. The molecule has 6 nitrogen and oxygen atoms in total. The lowest BCUT2D eigenvalue weighted by atomic mass is 10.2. The van der Waals surface area contributed by atoms with Crippen LogP contribution in [0.15, 0.2) is 35.4 Å².